The van der Waals surface area contributed by atoms with Crippen molar-refractivity contribution >= 4 is 17.7 Å². The van der Waals surface area contributed by atoms with Gasteiger partial charge < -0.3 is 9.47 Å². The number of amides is 1. The van der Waals surface area contributed by atoms with Crippen molar-refractivity contribution in [1.82, 2.24) is 19.7 Å². The van der Waals surface area contributed by atoms with E-state index in [2.05, 4.69) is 10.2 Å². The third-order valence-electron chi connectivity index (χ3n) is 3.63. The largest absolute Gasteiger partial charge is 0.339 e. The molecule has 5 nitrogen and oxygen atoms in total. The molecule has 1 aliphatic rings. The van der Waals surface area contributed by atoms with E-state index in [1.54, 1.807) is 18.1 Å². The lowest BCUT2D eigenvalue weighted by Gasteiger charge is -2.15. The van der Waals surface area contributed by atoms with Gasteiger partial charge in [0.1, 0.15) is 6.33 Å². The second-order valence-electron chi connectivity index (χ2n) is 5.21. The van der Waals surface area contributed by atoms with Crippen LogP contribution in [0.1, 0.15) is 28.8 Å². The number of benzene rings is 1. The maximum absolute atomic E-state index is 12.2. The minimum Gasteiger partial charge on any atom is -0.339 e. The number of hydrogen-bond acceptors (Lipinski definition) is 4. The molecule has 2 aromatic rings. The summed E-state index contributed by atoms with van der Waals surface area (Å²) < 4.78 is 1.90. The average molecular weight is 302 g/mol. The summed E-state index contributed by atoms with van der Waals surface area (Å²) in [5.41, 5.74) is 1.96. The molecule has 2 heterocycles. The number of carbonyl (C=O) groups is 1. The molecule has 0 N–H and O–H groups in total. The predicted molar refractivity (Wildman–Crippen MR) is 82.1 cm³/mol. The van der Waals surface area contributed by atoms with Crippen molar-refractivity contribution < 1.29 is 4.79 Å². The van der Waals surface area contributed by atoms with Crippen molar-refractivity contribution in [1.29, 1.82) is 0 Å². The van der Waals surface area contributed by atoms with Gasteiger partial charge in [-0.2, -0.15) is 0 Å². The fourth-order valence-corrected chi connectivity index (χ4v) is 3.24. The Bertz CT molecular complexity index is 617. The van der Waals surface area contributed by atoms with Gasteiger partial charge in [0.25, 0.3) is 5.91 Å². The Morgan fingerprint density at radius 2 is 1.95 bits per heavy atom. The standard InChI is InChI=1S/C15H18N4OS/c1-18-11-16-17-15(18)21-10-12-4-6-13(7-5-12)14(20)19-8-2-3-9-19/h4-7,11H,2-3,8-10H2,1H3. The minimum absolute atomic E-state index is 0.153. The van der Waals surface area contributed by atoms with Crippen LogP contribution in [-0.2, 0) is 12.8 Å². The van der Waals surface area contributed by atoms with Crippen molar-refractivity contribution in [2.24, 2.45) is 7.05 Å². The summed E-state index contributed by atoms with van der Waals surface area (Å²) in [6.07, 6.45) is 3.94. The lowest BCUT2D eigenvalue weighted by Crippen LogP contribution is -2.27. The van der Waals surface area contributed by atoms with Crippen LogP contribution < -0.4 is 0 Å². The molecule has 1 aromatic carbocycles. The first-order chi connectivity index (χ1) is 10.2. The topological polar surface area (TPSA) is 51.0 Å². The number of nitrogens with zero attached hydrogens (tertiary/aromatic N) is 4. The Hall–Kier alpha value is -1.82. The first kappa shape index (κ1) is 14.1. The molecule has 0 unspecified atom stereocenters. The highest BCUT2D eigenvalue weighted by molar-refractivity contribution is 7.98. The zero-order chi connectivity index (χ0) is 14.7. The second-order valence-corrected chi connectivity index (χ2v) is 6.15. The van der Waals surface area contributed by atoms with Crippen LogP contribution in [0.5, 0.6) is 0 Å². The molecule has 1 amide bonds. The minimum atomic E-state index is 0.153. The normalized spacial score (nSPS) is 14.6. The fourth-order valence-electron chi connectivity index (χ4n) is 2.40. The van der Waals surface area contributed by atoms with Crippen LogP contribution in [0.15, 0.2) is 35.7 Å². The van der Waals surface area contributed by atoms with Gasteiger partial charge in [-0.3, -0.25) is 4.79 Å². The summed E-state index contributed by atoms with van der Waals surface area (Å²) in [5, 5.41) is 8.80. The van der Waals surface area contributed by atoms with Crippen LogP contribution in [0.4, 0.5) is 0 Å². The number of rotatable bonds is 4. The first-order valence-corrected chi connectivity index (χ1v) is 8.07. The Morgan fingerprint density at radius 1 is 1.24 bits per heavy atom. The highest BCUT2D eigenvalue weighted by Crippen LogP contribution is 2.20. The van der Waals surface area contributed by atoms with Crippen LogP contribution in [0.2, 0.25) is 0 Å². The molecule has 1 fully saturated rings. The van der Waals surface area contributed by atoms with Crippen LogP contribution >= 0.6 is 11.8 Å². The van der Waals surface area contributed by atoms with Gasteiger partial charge in [-0.05, 0) is 30.5 Å². The first-order valence-electron chi connectivity index (χ1n) is 7.09. The lowest BCUT2D eigenvalue weighted by atomic mass is 10.1. The molecule has 6 heteroatoms. The number of likely N-dealkylation sites (tertiary alicyclic amines) is 1. The van der Waals surface area contributed by atoms with Gasteiger partial charge in [-0.25, -0.2) is 0 Å². The Labute approximate surface area is 128 Å². The quantitative estimate of drug-likeness (QED) is 0.814. The highest BCUT2D eigenvalue weighted by atomic mass is 32.2. The summed E-state index contributed by atoms with van der Waals surface area (Å²) in [4.78, 5) is 14.2. The van der Waals surface area contributed by atoms with Crippen LogP contribution in [0, 0.1) is 0 Å². The number of hydrogen-bond donors (Lipinski definition) is 0. The zero-order valence-corrected chi connectivity index (χ0v) is 12.8. The Balaban J connectivity index is 1.61. The van der Waals surface area contributed by atoms with Gasteiger partial charge in [0.2, 0.25) is 0 Å². The monoisotopic (exact) mass is 302 g/mol. The summed E-state index contributed by atoms with van der Waals surface area (Å²) in [7, 11) is 1.93. The molecule has 0 bridgehead atoms. The van der Waals surface area contributed by atoms with E-state index in [0.29, 0.717) is 0 Å². The summed E-state index contributed by atoms with van der Waals surface area (Å²) >= 11 is 1.64. The van der Waals surface area contributed by atoms with E-state index in [1.165, 1.54) is 5.56 Å². The van der Waals surface area contributed by atoms with E-state index in [1.807, 2.05) is 40.8 Å². The molecule has 3 rings (SSSR count). The van der Waals surface area contributed by atoms with Crippen molar-refractivity contribution in [3.63, 3.8) is 0 Å². The lowest BCUT2D eigenvalue weighted by molar-refractivity contribution is 0.0793. The van der Waals surface area contributed by atoms with Crippen molar-refractivity contribution in [2.45, 2.75) is 23.8 Å². The van der Waals surface area contributed by atoms with E-state index in [-0.39, 0.29) is 5.91 Å². The van der Waals surface area contributed by atoms with Gasteiger partial charge in [-0.15, -0.1) is 10.2 Å². The highest BCUT2D eigenvalue weighted by Gasteiger charge is 2.19. The van der Waals surface area contributed by atoms with Gasteiger partial charge in [-0.1, -0.05) is 23.9 Å². The van der Waals surface area contributed by atoms with Gasteiger partial charge in [0.15, 0.2) is 5.16 Å². The van der Waals surface area contributed by atoms with Crippen LogP contribution in [0.3, 0.4) is 0 Å². The van der Waals surface area contributed by atoms with E-state index in [0.717, 1.165) is 42.4 Å². The van der Waals surface area contributed by atoms with Crippen LogP contribution in [0.25, 0.3) is 0 Å². The molecule has 1 saturated heterocycles. The maximum atomic E-state index is 12.2. The van der Waals surface area contributed by atoms with E-state index in [4.69, 9.17) is 0 Å². The molecular formula is C15H18N4OS. The van der Waals surface area contributed by atoms with Gasteiger partial charge in [0.05, 0.1) is 0 Å². The fraction of sp³-hybridized carbons (Fsp3) is 0.400. The average Bonchev–Trinajstić information content (AvgIpc) is 3.17. The molecule has 0 radical (unpaired) electrons. The van der Waals surface area contributed by atoms with Crippen molar-refractivity contribution in [3.05, 3.63) is 41.7 Å². The van der Waals surface area contributed by atoms with Crippen LogP contribution in [-0.4, -0.2) is 38.7 Å². The van der Waals surface area contributed by atoms with E-state index in [9.17, 15) is 4.79 Å². The van der Waals surface area contributed by atoms with E-state index < -0.39 is 0 Å². The summed E-state index contributed by atoms with van der Waals surface area (Å²) in [5.74, 6) is 0.977. The Morgan fingerprint density at radius 3 is 2.57 bits per heavy atom. The molecule has 0 atom stereocenters. The second kappa shape index (κ2) is 6.30. The molecule has 0 spiro atoms. The summed E-state index contributed by atoms with van der Waals surface area (Å²) in [6.45, 7) is 1.78. The summed E-state index contributed by atoms with van der Waals surface area (Å²) in [6, 6.07) is 7.89. The van der Waals surface area contributed by atoms with Gasteiger partial charge >= 0.3 is 0 Å². The number of aromatic nitrogens is 3. The van der Waals surface area contributed by atoms with Crippen molar-refractivity contribution in [3.8, 4) is 0 Å². The van der Waals surface area contributed by atoms with Crippen molar-refractivity contribution in [2.75, 3.05) is 13.1 Å². The smallest absolute Gasteiger partial charge is 0.253 e. The number of thioether (sulfide) groups is 1. The molecule has 110 valence electrons. The molecule has 21 heavy (non-hydrogen) atoms. The maximum Gasteiger partial charge on any atom is 0.253 e. The SMILES string of the molecule is Cn1cnnc1SCc1ccc(C(=O)N2CCCC2)cc1. The zero-order valence-electron chi connectivity index (χ0n) is 12.0. The molecule has 1 aromatic heterocycles. The van der Waals surface area contributed by atoms with Gasteiger partial charge in [0, 0.05) is 31.5 Å². The predicted octanol–water partition coefficient (Wildman–Crippen LogP) is 2.34. The number of aryl methyl sites for hydroxylation is 1. The molecule has 0 aliphatic carbocycles. The molecule has 1 aliphatic heterocycles. The Kier molecular flexibility index (Phi) is 4.24. The van der Waals surface area contributed by atoms with E-state index >= 15 is 0 Å². The third kappa shape index (κ3) is 3.26. The third-order valence-corrected chi connectivity index (χ3v) is 4.74. The molecule has 0 saturated carbocycles. The molecular weight excluding hydrogens is 284 g/mol. The number of carbonyl (C=O) groups excluding carboxylic acids is 1.